The van der Waals surface area contributed by atoms with Gasteiger partial charge in [-0.2, -0.15) is 0 Å². The molecule has 1 aliphatic carbocycles. The smallest absolute Gasteiger partial charge is 0.203 e. The van der Waals surface area contributed by atoms with Crippen molar-refractivity contribution in [2.45, 2.75) is 18.8 Å². The third-order valence-electron chi connectivity index (χ3n) is 3.82. The molecule has 3 nitrogen and oxygen atoms in total. The molecule has 5 heteroatoms. The van der Waals surface area contributed by atoms with Gasteiger partial charge in [0.1, 0.15) is 0 Å². The summed E-state index contributed by atoms with van der Waals surface area (Å²) in [5.74, 6) is 0.731. The molecule has 1 N–H and O–H groups in total. The van der Waals surface area contributed by atoms with E-state index in [2.05, 4.69) is 62.5 Å². The quantitative estimate of drug-likeness (QED) is 0.681. The van der Waals surface area contributed by atoms with Crippen LogP contribution in [0.15, 0.2) is 41.1 Å². The van der Waals surface area contributed by atoms with Crippen molar-refractivity contribution in [3.63, 3.8) is 0 Å². The van der Waals surface area contributed by atoms with Crippen molar-refractivity contribution < 1.29 is 0 Å². The van der Waals surface area contributed by atoms with E-state index in [0.29, 0.717) is 9.50 Å². The topological polar surface area (TPSA) is 33.6 Å². The van der Waals surface area contributed by atoms with E-state index in [1.807, 2.05) is 4.57 Å². The summed E-state index contributed by atoms with van der Waals surface area (Å²) in [6, 6.07) is 12.9. The van der Waals surface area contributed by atoms with Crippen LogP contribution in [0.3, 0.4) is 0 Å². The Morgan fingerprint density at radius 2 is 1.90 bits per heavy atom. The summed E-state index contributed by atoms with van der Waals surface area (Å²) in [5, 5.41) is 9.49. The number of aromatic nitrogens is 3. The first kappa shape index (κ1) is 12.3. The molecule has 20 heavy (non-hydrogen) atoms. The van der Waals surface area contributed by atoms with Crippen LogP contribution in [0.5, 0.6) is 0 Å². The van der Waals surface area contributed by atoms with Crippen LogP contribution in [-0.2, 0) is 0 Å². The highest BCUT2D eigenvalue weighted by atomic mass is 79.9. The van der Waals surface area contributed by atoms with E-state index in [4.69, 9.17) is 12.2 Å². The zero-order valence-corrected chi connectivity index (χ0v) is 13.0. The Balaban J connectivity index is 2.06. The number of fused-ring (bicyclic) bond motifs is 1. The molecule has 1 aromatic heterocycles. The summed E-state index contributed by atoms with van der Waals surface area (Å²) in [5.41, 5.74) is 2.52. The SMILES string of the molecule is S=c1[nH]nc(Br)n1-c1cccc2c(C3CC3)cccc12. The maximum absolute atomic E-state index is 5.33. The second-order valence-electron chi connectivity index (χ2n) is 5.13. The standard InChI is InChI=1S/C15H12BrN3S/c16-14-17-18-15(20)19(14)13-6-2-4-11-10(9-7-8-9)3-1-5-12(11)13/h1-6,9H,7-8H2,(H,18,20). The van der Waals surface area contributed by atoms with Crippen LogP contribution >= 0.6 is 28.1 Å². The average Bonchev–Trinajstić information content (AvgIpc) is 3.25. The molecule has 1 aliphatic rings. The van der Waals surface area contributed by atoms with Crippen LogP contribution in [-0.4, -0.2) is 14.8 Å². The van der Waals surface area contributed by atoms with Crippen molar-refractivity contribution in [3.05, 3.63) is 51.5 Å². The van der Waals surface area contributed by atoms with E-state index in [1.165, 1.54) is 29.2 Å². The molecular weight excluding hydrogens is 334 g/mol. The van der Waals surface area contributed by atoms with Gasteiger partial charge in [-0.15, -0.1) is 5.10 Å². The number of nitrogens with one attached hydrogen (secondary N) is 1. The van der Waals surface area contributed by atoms with Crippen LogP contribution in [0.1, 0.15) is 24.3 Å². The largest absolute Gasteiger partial charge is 0.262 e. The van der Waals surface area contributed by atoms with Gasteiger partial charge in [-0.25, -0.2) is 0 Å². The van der Waals surface area contributed by atoms with E-state index in [-0.39, 0.29) is 0 Å². The fourth-order valence-corrected chi connectivity index (χ4v) is 3.55. The van der Waals surface area contributed by atoms with Crippen molar-refractivity contribution in [2.24, 2.45) is 0 Å². The summed E-state index contributed by atoms with van der Waals surface area (Å²) in [4.78, 5) is 0. The lowest BCUT2D eigenvalue weighted by Gasteiger charge is -2.11. The number of rotatable bonds is 2. The highest BCUT2D eigenvalue weighted by molar-refractivity contribution is 9.10. The Bertz CT molecular complexity index is 861. The predicted molar refractivity (Wildman–Crippen MR) is 85.9 cm³/mol. The zero-order chi connectivity index (χ0) is 13.7. The average molecular weight is 346 g/mol. The summed E-state index contributed by atoms with van der Waals surface area (Å²) < 4.78 is 3.22. The number of H-pyrrole nitrogens is 1. The van der Waals surface area contributed by atoms with Crippen molar-refractivity contribution in [1.82, 2.24) is 14.8 Å². The van der Waals surface area contributed by atoms with Crippen LogP contribution in [0.25, 0.3) is 16.5 Å². The van der Waals surface area contributed by atoms with Gasteiger partial charge in [0.25, 0.3) is 0 Å². The molecule has 0 saturated heterocycles. The number of nitrogens with zero attached hydrogens (tertiary/aromatic N) is 2. The Hall–Kier alpha value is -1.46. The summed E-state index contributed by atoms with van der Waals surface area (Å²) in [6.07, 6.45) is 2.61. The molecule has 0 atom stereocenters. The predicted octanol–water partition coefficient (Wildman–Crippen LogP) is 4.72. The first-order valence-electron chi connectivity index (χ1n) is 6.60. The Morgan fingerprint density at radius 1 is 1.15 bits per heavy atom. The number of hydrogen-bond donors (Lipinski definition) is 1. The second-order valence-corrected chi connectivity index (χ2v) is 6.22. The minimum atomic E-state index is 0.598. The van der Waals surface area contributed by atoms with Gasteiger partial charge in [-0.1, -0.05) is 30.3 Å². The van der Waals surface area contributed by atoms with Crippen LogP contribution in [0.2, 0.25) is 0 Å². The molecule has 1 saturated carbocycles. The highest BCUT2D eigenvalue weighted by Gasteiger charge is 2.25. The Kier molecular flexibility index (Phi) is 2.79. The van der Waals surface area contributed by atoms with Gasteiger partial charge in [0, 0.05) is 5.39 Å². The molecule has 0 amide bonds. The molecule has 100 valence electrons. The zero-order valence-electron chi connectivity index (χ0n) is 10.6. The third-order valence-corrected chi connectivity index (χ3v) is 4.63. The van der Waals surface area contributed by atoms with Crippen LogP contribution in [0.4, 0.5) is 0 Å². The number of hydrogen-bond acceptors (Lipinski definition) is 2. The monoisotopic (exact) mass is 345 g/mol. The molecule has 0 spiro atoms. The van der Waals surface area contributed by atoms with Gasteiger partial charge in [-0.05, 0) is 63.9 Å². The summed E-state index contributed by atoms with van der Waals surface area (Å²) in [7, 11) is 0. The normalized spacial score (nSPS) is 14.8. The first-order chi connectivity index (χ1) is 9.75. The van der Waals surface area contributed by atoms with Crippen LogP contribution < -0.4 is 0 Å². The lowest BCUT2D eigenvalue weighted by molar-refractivity contribution is 1.01. The molecule has 4 rings (SSSR count). The fraction of sp³-hybridized carbons (Fsp3) is 0.200. The Labute approximate surface area is 129 Å². The molecule has 0 radical (unpaired) electrons. The summed E-state index contributed by atoms with van der Waals surface area (Å²) in [6.45, 7) is 0. The van der Waals surface area contributed by atoms with E-state index >= 15 is 0 Å². The lowest BCUT2D eigenvalue weighted by Crippen LogP contribution is -1.97. The molecule has 0 unspecified atom stereocenters. The Morgan fingerprint density at radius 3 is 2.60 bits per heavy atom. The van der Waals surface area contributed by atoms with Crippen molar-refractivity contribution in [1.29, 1.82) is 0 Å². The highest BCUT2D eigenvalue weighted by Crippen LogP contribution is 2.43. The van der Waals surface area contributed by atoms with Crippen molar-refractivity contribution in [2.75, 3.05) is 0 Å². The molecular formula is C15H12BrN3S. The maximum atomic E-state index is 5.33. The molecule has 1 fully saturated rings. The minimum Gasteiger partial charge on any atom is -0.262 e. The molecule has 0 bridgehead atoms. The minimum absolute atomic E-state index is 0.598. The third kappa shape index (κ3) is 1.84. The second kappa shape index (κ2) is 4.53. The van der Waals surface area contributed by atoms with Gasteiger partial charge in [0.2, 0.25) is 9.50 Å². The van der Waals surface area contributed by atoms with Crippen LogP contribution in [0, 0.1) is 4.77 Å². The van der Waals surface area contributed by atoms with E-state index in [9.17, 15) is 0 Å². The van der Waals surface area contributed by atoms with Crippen molar-refractivity contribution in [3.8, 4) is 5.69 Å². The first-order valence-corrected chi connectivity index (χ1v) is 7.81. The van der Waals surface area contributed by atoms with Gasteiger partial charge < -0.3 is 0 Å². The summed E-state index contributed by atoms with van der Waals surface area (Å²) >= 11 is 8.78. The van der Waals surface area contributed by atoms with E-state index < -0.39 is 0 Å². The molecule has 0 aliphatic heterocycles. The number of halogens is 1. The maximum Gasteiger partial charge on any atom is 0.203 e. The van der Waals surface area contributed by atoms with Gasteiger partial charge >= 0.3 is 0 Å². The fourth-order valence-electron chi connectivity index (χ4n) is 2.75. The molecule has 3 aromatic rings. The van der Waals surface area contributed by atoms with Gasteiger partial charge in [0.05, 0.1) is 5.69 Å². The van der Waals surface area contributed by atoms with Gasteiger partial charge in [-0.3, -0.25) is 9.67 Å². The van der Waals surface area contributed by atoms with E-state index in [0.717, 1.165) is 11.6 Å². The van der Waals surface area contributed by atoms with E-state index in [1.54, 1.807) is 0 Å². The molecule has 2 aromatic carbocycles. The number of aromatic amines is 1. The molecule has 1 heterocycles. The number of benzene rings is 2. The van der Waals surface area contributed by atoms with Crippen molar-refractivity contribution >= 4 is 38.9 Å². The lowest BCUT2D eigenvalue weighted by atomic mass is 10.00. The van der Waals surface area contributed by atoms with Gasteiger partial charge in [0.15, 0.2) is 0 Å².